The van der Waals surface area contributed by atoms with Crippen LogP contribution in [0.1, 0.15) is 0 Å². The molecule has 602 valence electrons. The van der Waals surface area contributed by atoms with Crippen molar-refractivity contribution < 1.29 is 213 Å². The van der Waals surface area contributed by atoms with Gasteiger partial charge in [-0.3, -0.25) is 8.37 Å². The molecule has 44 nitrogen and oxygen atoms in total. The predicted molar refractivity (Wildman–Crippen MR) is 325 cm³/mol. The van der Waals surface area contributed by atoms with E-state index >= 15 is 0 Å². The highest BCUT2D eigenvalue weighted by Gasteiger charge is 2.61. The zero-order chi connectivity index (χ0) is 76.4. The van der Waals surface area contributed by atoms with E-state index in [4.69, 9.17) is 84.2 Å². The first-order valence-corrected chi connectivity index (χ1v) is 36.2. The van der Waals surface area contributed by atoms with Crippen LogP contribution in [-0.4, -0.2) is 428 Å². The zero-order valence-corrected chi connectivity index (χ0v) is 56.6. The normalized spacial score (nSPS) is 49.8. The van der Waals surface area contributed by atoms with Crippen LogP contribution in [0.5, 0.6) is 0 Å². The highest BCUT2D eigenvalue weighted by atomic mass is 32.2. The van der Waals surface area contributed by atoms with Crippen LogP contribution in [0.4, 0.5) is 0 Å². The first-order chi connectivity index (χ1) is 50.4. The van der Waals surface area contributed by atoms with Gasteiger partial charge in [-0.2, -0.15) is 16.8 Å². The monoisotopic (exact) mass is 1570 g/mol. The number of ether oxygens (including phenoxy) is 16. The third kappa shape index (κ3) is 16.2. The van der Waals surface area contributed by atoms with Gasteiger partial charge in [0.1, 0.15) is 195 Å². The summed E-state index contributed by atoms with van der Waals surface area (Å²) in [6.07, 6.45) is -88.0. The molecule has 37 aliphatic rings. The Bertz CT molecular complexity index is 3390. The molecule has 37 heterocycles. The van der Waals surface area contributed by atoms with E-state index in [-0.39, 0.29) is 11.1 Å². The molecular weight excluding hydrogens is 1490 g/mol. The SMILES string of the molecule is O=S1(=O)OC[C@H]2O[C@@H]3O[C@H]4[C@@H](O)[C@H](O)[C@@H](O[C@H]5[C@@H](O)[C@@H](O)[C@@H](O[C@H]6[C@H](O)[C@@H](O)[C@@H](O[C@H]7[C@H](O)[C@@H](O)[C@@H](O[C@H]8[C@H](O)[C@@H](O)[C@@H](O[C@H]9[C@H](O)[C@@H](O)[C@@H](O[C@H]%10[C@H](O)[C@@H](O)[C@@H](O[C@H]2[C@H](O)[C@H]3O)O[C@@H]%10CO)O[C@@H]9CO)O[C@@H]8CO)O[C@@H]7CO)O[C@@H]6COS(=O)(=O)c2ccc(cc2)-c2ccc1cc2)O[C@@H]5CO)O[C@@H]4CO. The molecule has 0 saturated carbocycles. The number of aliphatic hydroxyl groups excluding tert-OH is 22. The van der Waals surface area contributed by atoms with Crippen molar-refractivity contribution in [2.24, 2.45) is 0 Å². The third-order valence-corrected chi connectivity index (χ3v) is 22.5. The highest BCUT2D eigenvalue weighted by Crippen LogP contribution is 2.41. The highest BCUT2D eigenvalue weighted by molar-refractivity contribution is 7.87. The molecule has 106 heavy (non-hydrogen) atoms. The zero-order valence-electron chi connectivity index (χ0n) is 55.0. The Morgan fingerprint density at radius 3 is 0.594 bits per heavy atom. The second kappa shape index (κ2) is 33.8. The van der Waals surface area contributed by atoms with Gasteiger partial charge in [0.25, 0.3) is 20.2 Å². The molecule has 46 heteroatoms. The summed E-state index contributed by atoms with van der Waals surface area (Å²) in [6.45, 7) is -9.51. The lowest BCUT2D eigenvalue weighted by Gasteiger charge is -2.50. The van der Waals surface area contributed by atoms with Crippen LogP contribution in [0.25, 0.3) is 11.1 Å². The van der Waals surface area contributed by atoms with E-state index in [0.29, 0.717) is 0 Å². The standard InChI is InChI=1S/C60H86O44S2/c61-9-21-45-30(68)38(76)54(90-21)99-47-23(11-63)93-57(41(79)33(47)71)103-51-27-15-87-105(83,84)19-5-1-17(2-6-19)18-3-7-20(8-4-18)106(85,86)88-16-28-52(35(73)43(81)59(95-28)101-49-25(13-65)91-55(39(77)31(49)69)98-46-22(10-62)89-53(97-45)37(75)29(46)67)104-58-42(80)34(72)48(24(12-64)94-58)100-56-40(78)32(70)50(26(14-66)92-56)102-60(96-27)44(82)36(51)74/h1-8,21-82H,9-16H2/t21-,22-,23-,24-,25-,26-,27-,28-,29-,30-,31-,32+,33-,34+,35-,36-,37-,38-,39-,40+,41-,42-,43-,44-,45-,46-,47-,48-,49-,50-,51-,52-,53-,54-,55-,56-,57-,58-,59-,60-/m1/s1. The fraction of sp³-hybridized carbons (Fsp3) is 0.800. The van der Waals surface area contributed by atoms with Crippen molar-refractivity contribution in [3.63, 3.8) is 0 Å². The van der Waals surface area contributed by atoms with E-state index in [2.05, 4.69) is 0 Å². The van der Waals surface area contributed by atoms with Gasteiger partial charge in [0.2, 0.25) is 0 Å². The Hall–Kier alpha value is -3.26. The molecule has 0 aliphatic carbocycles. The second-order valence-electron chi connectivity index (χ2n) is 26.6. The van der Waals surface area contributed by atoms with Gasteiger partial charge in [-0.05, 0) is 35.4 Å². The summed E-state index contributed by atoms with van der Waals surface area (Å²) in [5.74, 6) is 0. The number of hydrogen-bond acceptors (Lipinski definition) is 44. The van der Waals surface area contributed by atoms with Crippen molar-refractivity contribution in [2.45, 2.75) is 255 Å². The van der Waals surface area contributed by atoms with E-state index in [1.165, 1.54) is 24.3 Å². The smallest absolute Gasteiger partial charge is 0.297 e. The van der Waals surface area contributed by atoms with E-state index in [9.17, 15) is 129 Å². The van der Waals surface area contributed by atoms with Gasteiger partial charge in [0.05, 0.1) is 62.6 Å². The quantitative estimate of drug-likeness (QED) is 0.119. The molecule has 0 unspecified atom stereocenters. The Morgan fingerprint density at radius 2 is 0.406 bits per heavy atom. The Morgan fingerprint density at radius 1 is 0.236 bits per heavy atom. The van der Waals surface area contributed by atoms with E-state index in [0.717, 1.165) is 24.3 Å². The van der Waals surface area contributed by atoms with E-state index in [1.54, 1.807) is 0 Å². The molecule has 22 bridgehead atoms. The summed E-state index contributed by atoms with van der Waals surface area (Å²) < 4.78 is 161. The van der Waals surface area contributed by atoms with Crippen molar-refractivity contribution in [2.75, 3.05) is 52.9 Å². The first-order valence-electron chi connectivity index (χ1n) is 33.4. The average molecular weight is 1580 g/mol. The minimum Gasteiger partial charge on any atom is -0.394 e. The second-order valence-corrected chi connectivity index (χ2v) is 29.9. The average Bonchev–Trinajstić information content (AvgIpc) is 0.773. The molecule has 0 radical (unpaired) electrons. The lowest BCUT2D eigenvalue weighted by atomic mass is 9.94. The Labute approximate surface area is 599 Å². The summed E-state index contributed by atoms with van der Waals surface area (Å²) in [6, 6.07) is 9.21. The minimum atomic E-state index is -5.00. The van der Waals surface area contributed by atoms with Crippen molar-refractivity contribution in [1.29, 1.82) is 0 Å². The van der Waals surface area contributed by atoms with Crippen LogP contribution in [0, 0.1) is 0 Å². The largest absolute Gasteiger partial charge is 0.394 e. The van der Waals surface area contributed by atoms with E-state index in [1.807, 2.05) is 0 Å². The molecule has 0 aromatic heterocycles. The third-order valence-electron chi connectivity index (χ3n) is 19.9. The topological polar surface area (TPSA) is 679 Å². The fourth-order valence-corrected chi connectivity index (χ4v) is 15.8. The van der Waals surface area contributed by atoms with E-state index < -0.39 is 329 Å². The number of benzene rings is 2. The number of rotatable bonds is 6. The number of hydrogen-bond donors (Lipinski definition) is 22. The Kier molecular flexibility index (Phi) is 26.2. The van der Waals surface area contributed by atoms with Gasteiger partial charge < -0.3 is 188 Å². The molecule has 2 aromatic rings. The molecular formula is C60H86O44S2. The van der Waals surface area contributed by atoms with Gasteiger partial charge in [-0.25, -0.2) is 0 Å². The molecule has 37 aliphatic heterocycles. The van der Waals surface area contributed by atoms with Crippen LogP contribution >= 0.6 is 0 Å². The van der Waals surface area contributed by atoms with Crippen molar-refractivity contribution in [3.8, 4) is 11.1 Å². The summed E-state index contributed by atoms with van der Waals surface area (Å²) in [5.41, 5.74) is 0.484. The van der Waals surface area contributed by atoms with Crippen LogP contribution in [0.15, 0.2) is 58.3 Å². The molecule has 2 aromatic carbocycles. The minimum absolute atomic E-state index is 0.242. The molecule has 22 N–H and O–H groups in total. The maximum Gasteiger partial charge on any atom is 0.297 e. The van der Waals surface area contributed by atoms with Crippen molar-refractivity contribution >= 4 is 20.2 Å². The summed E-state index contributed by atoms with van der Waals surface area (Å²) in [4.78, 5) is -1.14. The van der Waals surface area contributed by atoms with Crippen LogP contribution in [0.2, 0.25) is 0 Å². The molecule has 22 saturated heterocycles. The maximum absolute atomic E-state index is 14.1. The lowest BCUT2D eigenvalue weighted by Crippen LogP contribution is -2.69. The van der Waals surface area contributed by atoms with Crippen LogP contribution in [0.3, 0.4) is 0 Å². The molecule has 39 rings (SSSR count). The lowest BCUT2D eigenvalue weighted by molar-refractivity contribution is -0.403. The molecule has 0 spiro atoms. The Balaban J connectivity index is 0.923. The van der Waals surface area contributed by atoms with Crippen LogP contribution in [-0.2, 0) is 104 Å². The fourth-order valence-electron chi connectivity index (χ4n) is 14.0. The van der Waals surface area contributed by atoms with Gasteiger partial charge >= 0.3 is 0 Å². The predicted octanol–water partition coefficient (Wildman–Crippen LogP) is -14.6. The maximum atomic E-state index is 14.1. The molecule has 22 fully saturated rings. The van der Waals surface area contributed by atoms with Gasteiger partial charge in [-0.1, -0.05) is 24.3 Å². The summed E-state index contributed by atoms with van der Waals surface area (Å²) in [5, 5.41) is 251. The van der Waals surface area contributed by atoms with Gasteiger partial charge in [-0.15, -0.1) is 0 Å². The number of aliphatic hydroxyl groups is 22. The molecule has 40 atom stereocenters. The summed E-state index contributed by atoms with van der Waals surface area (Å²) in [7, 11) is -10.0. The first kappa shape index (κ1) is 82.2. The van der Waals surface area contributed by atoms with Crippen molar-refractivity contribution in [1.82, 2.24) is 0 Å². The van der Waals surface area contributed by atoms with Gasteiger partial charge in [0, 0.05) is 0 Å². The molecule has 0 amide bonds. The summed E-state index contributed by atoms with van der Waals surface area (Å²) >= 11 is 0. The van der Waals surface area contributed by atoms with Crippen molar-refractivity contribution in [3.05, 3.63) is 48.5 Å². The van der Waals surface area contributed by atoms with Gasteiger partial charge in [0.15, 0.2) is 50.3 Å². The van der Waals surface area contributed by atoms with Crippen LogP contribution < -0.4 is 0 Å².